The van der Waals surface area contributed by atoms with E-state index in [0.29, 0.717) is 17.9 Å². The second kappa shape index (κ2) is 9.83. The van der Waals surface area contributed by atoms with Crippen LogP contribution in [-0.4, -0.2) is 6.61 Å². The number of alkyl halides is 2. The van der Waals surface area contributed by atoms with Gasteiger partial charge in [-0.25, -0.2) is 8.78 Å². The molecule has 0 aliphatic heterocycles. The molecule has 1 aliphatic carbocycles. The lowest BCUT2D eigenvalue weighted by Crippen LogP contribution is -2.15. The summed E-state index contributed by atoms with van der Waals surface area (Å²) in [5.74, 6) is -1.82. The minimum atomic E-state index is -3.24. The molecule has 1 nitrogen and oxygen atoms in total. The first-order valence-corrected chi connectivity index (χ1v) is 9.07. The van der Waals surface area contributed by atoms with Crippen molar-refractivity contribution in [1.29, 1.82) is 0 Å². The van der Waals surface area contributed by atoms with Gasteiger partial charge >= 0.3 is 6.61 Å². The summed E-state index contributed by atoms with van der Waals surface area (Å²) in [4.78, 5) is 0. The molecule has 5 heteroatoms. The van der Waals surface area contributed by atoms with E-state index in [-0.39, 0.29) is 0 Å². The molecule has 140 valence electrons. The Kier molecular flexibility index (Phi) is 7.79. The molecule has 1 saturated carbocycles. The van der Waals surface area contributed by atoms with Gasteiger partial charge in [0.25, 0.3) is 0 Å². The van der Waals surface area contributed by atoms with E-state index in [1.54, 1.807) is 0 Å². The van der Waals surface area contributed by atoms with Gasteiger partial charge in [0.2, 0.25) is 0 Å². The Balaban J connectivity index is 1.81. The molecule has 0 aromatic heterocycles. The van der Waals surface area contributed by atoms with Crippen molar-refractivity contribution in [2.24, 2.45) is 11.8 Å². The Morgan fingerprint density at radius 3 is 2.20 bits per heavy atom. The van der Waals surface area contributed by atoms with Gasteiger partial charge in [0.15, 0.2) is 17.4 Å². The second-order valence-electron chi connectivity index (χ2n) is 6.81. The van der Waals surface area contributed by atoms with Crippen LogP contribution in [0.4, 0.5) is 17.6 Å². The van der Waals surface area contributed by atoms with Gasteiger partial charge in [0.05, 0.1) is 0 Å². The molecule has 1 aliphatic rings. The fraction of sp³-hybridized carbons (Fsp3) is 0.600. The summed E-state index contributed by atoms with van der Waals surface area (Å²) >= 11 is 0. The first-order valence-electron chi connectivity index (χ1n) is 9.07. The first kappa shape index (κ1) is 19.8. The van der Waals surface area contributed by atoms with E-state index < -0.39 is 24.0 Å². The normalized spacial score (nSPS) is 21.2. The van der Waals surface area contributed by atoms with Gasteiger partial charge in [-0.2, -0.15) is 8.78 Å². The van der Waals surface area contributed by atoms with Crippen molar-refractivity contribution in [1.82, 2.24) is 0 Å². The van der Waals surface area contributed by atoms with Crippen LogP contribution in [0.25, 0.3) is 0 Å². The molecule has 1 fully saturated rings. The minimum Gasteiger partial charge on any atom is -0.429 e. The quantitative estimate of drug-likeness (QED) is 0.373. The van der Waals surface area contributed by atoms with E-state index in [1.165, 1.54) is 12.8 Å². The highest BCUT2D eigenvalue weighted by atomic mass is 19.3. The van der Waals surface area contributed by atoms with Gasteiger partial charge in [0, 0.05) is 0 Å². The highest BCUT2D eigenvalue weighted by Crippen LogP contribution is 2.34. The zero-order valence-corrected chi connectivity index (χ0v) is 14.6. The van der Waals surface area contributed by atoms with Crippen molar-refractivity contribution >= 4 is 0 Å². The summed E-state index contributed by atoms with van der Waals surface area (Å²) in [6, 6.07) is 2.20. The van der Waals surface area contributed by atoms with Gasteiger partial charge in [-0.15, -0.1) is 0 Å². The third-order valence-corrected chi connectivity index (χ3v) is 4.94. The van der Waals surface area contributed by atoms with Gasteiger partial charge < -0.3 is 4.74 Å². The lowest BCUT2D eigenvalue weighted by molar-refractivity contribution is -0.0546. The zero-order valence-electron chi connectivity index (χ0n) is 14.6. The fourth-order valence-corrected chi connectivity index (χ4v) is 3.54. The van der Waals surface area contributed by atoms with Crippen LogP contribution in [0.3, 0.4) is 0 Å². The van der Waals surface area contributed by atoms with Crippen molar-refractivity contribution in [3.05, 3.63) is 41.5 Å². The van der Waals surface area contributed by atoms with E-state index in [2.05, 4.69) is 23.8 Å². The van der Waals surface area contributed by atoms with Gasteiger partial charge in [-0.3, -0.25) is 0 Å². The average Bonchev–Trinajstić information content (AvgIpc) is 2.57. The largest absolute Gasteiger partial charge is 0.429 e. The first-order chi connectivity index (χ1) is 12.0. The highest BCUT2D eigenvalue weighted by molar-refractivity contribution is 5.31. The molecule has 1 aromatic rings. The molecule has 1 aromatic carbocycles. The summed E-state index contributed by atoms with van der Waals surface area (Å²) in [6.07, 6.45) is 12.8. The zero-order chi connectivity index (χ0) is 18.2. The van der Waals surface area contributed by atoms with Crippen LogP contribution in [0.2, 0.25) is 0 Å². The third kappa shape index (κ3) is 6.37. The summed E-state index contributed by atoms with van der Waals surface area (Å²) < 4.78 is 55.6. The monoisotopic (exact) mass is 358 g/mol. The Morgan fingerprint density at radius 1 is 1.04 bits per heavy atom. The van der Waals surface area contributed by atoms with Crippen LogP contribution >= 0.6 is 0 Å². The molecule has 0 N–H and O–H groups in total. The maximum Gasteiger partial charge on any atom is 0.387 e. The Hall–Kier alpha value is -1.52. The van der Waals surface area contributed by atoms with Crippen LogP contribution in [0.15, 0.2) is 24.3 Å². The van der Waals surface area contributed by atoms with E-state index in [1.807, 2.05) is 0 Å². The van der Waals surface area contributed by atoms with E-state index in [0.717, 1.165) is 50.2 Å². The highest BCUT2D eigenvalue weighted by Gasteiger charge is 2.21. The van der Waals surface area contributed by atoms with Crippen LogP contribution in [0.1, 0.15) is 57.4 Å². The van der Waals surface area contributed by atoms with Gasteiger partial charge in [0.1, 0.15) is 0 Å². The number of allylic oxidation sites excluding steroid dienone is 2. The third-order valence-electron chi connectivity index (χ3n) is 4.94. The molecule has 0 atom stereocenters. The maximum atomic E-state index is 13.7. The molecular formula is C20H26F4O. The van der Waals surface area contributed by atoms with Crippen molar-refractivity contribution in [2.75, 3.05) is 0 Å². The molecule has 0 radical (unpaired) electrons. The minimum absolute atomic E-state index is 0.490. The Morgan fingerprint density at radius 2 is 1.64 bits per heavy atom. The average molecular weight is 358 g/mol. The van der Waals surface area contributed by atoms with Crippen LogP contribution in [-0.2, 0) is 6.42 Å². The fourth-order valence-electron chi connectivity index (χ4n) is 3.54. The van der Waals surface area contributed by atoms with Crippen molar-refractivity contribution in [2.45, 2.75) is 64.9 Å². The lowest BCUT2D eigenvalue weighted by Gasteiger charge is -2.28. The van der Waals surface area contributed by atoms with Gasteiger partial charge in [-0.1, -0.05) is 31.9 Å². The van der Waals surface area contributed by atoms with Crippen molar-refractivity contribution < 1.29 is 22.3 Å². The topological polar surface area (TPSA) is 9.23 Å². The number of hydrogen-bond acceptors (Lipinski definition) is 1. The predicted molar refractivity (Wildman–Crippen MR) is 90.8 cm³/mol. The van der Waals surface area contributed by atoms with Crippen LogP contribution in [0.5, 0.6) is 5.75 Å². The molecule has 0 spiro atoms. The Labute approximate surface area is 147 Å². The molecule has 0 amide bonds. The molecule has 2 rings (SSSR count). The number of ether oxygens (including phenoxy) is 1. The van der Waals surface area contributed by atoms with Crippen molar-refractivity contribution in [3.8, 4) is 5.75 Å². The summed E-state index contributed by atoms with van der Waals surface area (Å²) in [7, 11) is 0. The number of benzene rings is 1. The van der Waals surface area contributed by atoms with Crippen LogP contribution in [0, 0.1) is 23.5 Å². The number of hydrogen-bond donors (Lipinski definition) is 0. The smallest absolute Gasteiger partial charge is 0.387 e. The number of rotatable bonds is 8. The molecular weight excluding hydrogens is 332 g/mol. The number of halogens is 4. The van der Waals surface area contributed by atoms with E-state index >= 15 is 0 Å². The summed E-state index contributed by atoms with van der Waals surface area (Å²) in [5.41, 5.74) is 0.490. The lowest BCUT2D eigenvalue weighted by atomic mass is 9.78. The van der Waals surface area contributed by atoms with E-state index in [4.69, 9.17) is 0 Å². The second-order valence-corrected chi connectivity index (χ2v) is 6.81. The molecule has 25 heavy (non-hydrogen) atoms. The molecule has 0 unspecified atom stereocenters. The maximum absolute atomic E-state index is 13.7. The predicted octanol–water partition coefficient (Wildman–Crippen LogP) is 6.66. The molecule has 0 heterocycles. The standard InChI is InChI=1S/C20H26F4O/c1-2-3-4-5-14-6-8-15(9-7-14)10-11-16-12-17(21)19(18(22)13-16)25-20(23)24/h3-4,12-15,20H,2,5-11H2,1H3/b4-3+. The summed E-state index contributed by atoms with van der Waals surface area (Å²) in [5, 5.41) is 0. The summed E-state index contributed by atoms with van der Waals surface area (Å²) in [6.45, 7) is -1.11. The van der Waals surface area contributed by atoms with E-state index in [9.17, 15) is 17.6 Å². The number of aryl methyl sites for hydroxylation is 1. The molecule has 0 saturated heterocycles. The SMILES string of the molecule is CC/C=C/CC1CCC(CCc2cc(F)c(OC(F)F)c(F)c2)CC1. The van der Waals surface area contributed by atoms with Gasteiger partial charge in [-0.05, 0) is 68.1 Å². The van der Waals surface area contributed by atoms with Crippen molar-refractivity contribution in [3.63, 3.8) is 0 Å². The van der Waals surface area contributed by atoms with Crippen LogP contribution < -0.4 is 4.74 Å². The molecule has 0 bridgehead atoms. The Bertz CT molecular complexity index is 540.